The maximum Gasteiger partial charge on any atom is 0.573 e. The van der Waals surface area contributed by atoms with E-state index in [2.05, 4.69) is 14.5 Å². The van der Waals surface area contributed by atoms with E-state index in [1.807, 2.05) is 0 Å². The highest BCUT2D eigenvalue weighted by molar-refractivity contribution is 5.96. The second kappa shape index (κ2) is 12.5. The summed E-state index contributed by atoms with van der Waals surface area (Å²) in [6.45, 7) is 3.24. The summed E-state index contributed by atoms with van der Waals surface area (Å²) in [6, 6.07) is 10.3. The van der Waals surface area contributed by atoms with Crippen molar-refractivity contribution in [2.24, 2.45) is 5.92 Å². The van der Waals surface area contributed by atoms with E-state index in [-0.39, 0.29) is 35.5 Å². The minimum absolute atomic E-state index is 0.0493. The average molecular weight is 551 g/mol. The maximum atomic E-state index is 13.6. The number of methoxy groups -OCH3 is 1. The number of hydrogen-bond donors (Lipinski definition) is 0. The molecule has 1 saturated carbocycles. The summed E-state index contributed by atoms with van der Waals surface area (Å²) in [4.78, 5) is 29.9. The van der Waals surface area contributed by atoms with Crippen molar-refractivity contribution in [3.63, 3.8) is 0 Å². The lowest BCUT2D eigenvalue weighted by Crippen LogP contribution is -2.49. The third kappa shape index (κ3) is 7.31. The molecule has 212 valence electrons. The number of halogens is 3. The van der Waals surface area contributed by atoms with Crippen molar-refractivity contribution in [2.75, 3.05) is 56.2 Å². The van der Waals surface area contributed by atoms with Crippen LogP contribution in [0.25, 0.3) is 0 Å². The Balaban J connectivity index is 1.45. The molecule has 9 nitrogen and oxygen atoms in total. The van der Waals surface area contributed by atoms with Crippen LogP contribution in [0.3, 0.4) is 0 Å². The molecule has 1 aliphatic carbocycles. The molecule has 2 fully saturated rings. The summed E-state index contributed by atoms with van der Waals surface area (Å²) in [5, 5.41) is 11.1. The van der Waals surface area contributed by atoms with Gasteiger partial charge in [-0.1, -0.05) is 31.4 Å². The molecule has 2 aromatic carbocycles. The number of nitro groups is 1. The number of carbonyl (C=O) groups is 1. The molecule has 0 aromatic heterocycles. The van der Waals surface area contributed by atoms with Crippen molar-refractivity contribution in [2.45, 2.75) is 38.5 Å². The largest absolute Gasteiger partial charge is 0.573 e. The number of amides is 1. The lowest BCUT2D eigenvalue weighted by atomic mass is 9.88. The number of ether oxygens (including phenoxy) is 2. The lowest BCUT2D eigenvalue weighted by molar-refractivity contribution is -0.384. The zero-order valence-corrected chi connectivity index (χ0v) is 21.9. The summed E-state index contributed by atoms with van der Waals surface area (Å²) in [5.41, 5.74) is 0.835. The molecule has 1 aliphatic heterocycles. The van der Waals surface area contributed by atoms with Crippen molar-refractivity contribution in [1.29, 1.82) is 0 Å². The number of benzene rings is 2. The van der Waals surface area contributed by atoms with Gasteiger partial charge in [0.15, 0.2) is 5.75 Å². The van der Waals surface area contributed by atoms with Gasteiger partial charge in [0.2, 0.25) is 5.91 Å². The summed E-state index contributed by atoms with van der Waals surface area (Å²) in [6.07, 6.45) is -0.495. The van der Waals surface area contributed by atoms with Crippen molar-refractivity contribution >= 4 is 23.0 Å². The quantitative estimate of drug-likeness (QED) is 0.312. The van der Waals surface area contributed by atoms with E-state index >= 15 is 0 Å². The highest BCUT2D eigenvalue weighted by atomic mass is 19.4. The minimum Gasteiger partial charge on any atom is -0.494 e. The Labute approximate surface area is 225 Å². The van der Waals surface area contributed by atoms with E-state index in [0.29, 0.717) is 38.5 Å². The summed E-state index contributed by atoms with van der Waals surface area (Å²) in [5.74, 6) is -0.348. The van der Waals surface area contributed by atoms with E-state index in [4.69, 9.17) is 4.74 Å². The van der Waals surface area contributed by atoms with E-state index in [1.54, 1.807) is 12.1 Å². The van der Waals surface area contributed by atoms with Gasteiger partial charge in [-0.3, -0.25) is 19.8 Å². The molecule has 12 heteroatoms. The molecule has 39 heavy (non-hydrogen) atoms. The predicted molar refractivity (Wildman–Crippen MR) is 140 cm³/mol. The molecular formula is C27H33F3N4O5. The van der Waals surface area contributed by atoms with Crippen molar-refractivity contribution in [3.8, 4) is 11.5 Å². The summed E-state index contributed by atoms with van der Waals surface area (Å²) in [7, 11) is 1.47. The van der Waals surface area contributed by atoms with E-state index in [0.717, 1.165) is 37.8 Å². The van der Waals surface area contributed by atoms with Gasteiger partial charge >= 0.3 is 6.36 Å². The zero-order chi connectivity index (χ0) is 28.0. The molecule has 0 atom stereocenters. The van der Waals surface area contributed by atoms with Crippen molar-refractivity contribution in [1.82, 2.24) is 4.90 Å². The Morgan fingerprint density at radius 1 is 1.05 bits per heavy atom. The molecule has 1 heterocycles. The third-order valence-corrected chi connectivity index (χ3v) is 7.33. The fraction of sp³-hybridized carbons (Fsp3) is 0.519. The lowest BCUT2D eigenvalue weighted by Gasteiger charge is -2.38. The average Bonchev–Trinajstić information content (AvgIpc) is 2.93. The fourth-order valence-electron chi connectivity index (χ4n) is 5.31. The molecule has 1 saturated heterocycles. The second-order valence-corrected chi connectivity index (χ2v) is 9.78. The topological polar surface area (TPSA) is 88.4 Å². The van der Waals surface area contributed by atoms with Gasteiger partial charge in [-0.15, -0.1) is 13.2 Å². The Kier molecular flexibility index (Phi) is 9.16. The summed E-state index contributed by atoms with van der Waals surface area (Å²) >= 11 is 0. The molecule has 0 bridgehead atoms. The highest BCUT2D eigenvalue weighted by Gasteiger charge is 2.35. The molecule has 1 amide bonds. The first-order chi connectivity index (χ1) is 18.7. The minimum atomic E-state index is -4.87. The number of non-ortho nitro benzene ring substituents is 1. The SMILES string of the molecule is COc1cc([N+](=O)[O-])ccc1N1CCN(CCN(C(=O)C2CCCCC2)c2ccccc2OC(F)(F)F)CC1. The van der Waals surface area contributed by atoms with E-state index < -0.39 is 11.3 Å². The number of nitro benzene ring substituents is 1. The van der Waals surface area contributed by atoms with Gasteiger partial charge in [0.05, 0.1) is 29.5 Å². The molecule has 2 aliphatic rings. The van der Waals surface area contributed by atoms with Gasteiger partial charge in [-0.05, 0) is 31.0 Å². The van der Waals surface area contributed by atoms with Gasteiger partial charge in [0.1, 0.15) is 5.75 Å². The van der Waals surface area contributed by atoms with Gasteiger partial charge in [-0.2, -0.15) is 0 Å². The number of carbonyl (C=O) groups excluding carboxylic acids is 1. The van der Waals surface area contributed by atoms with Gasteiger partial charge < -0.3 is 19.3 Å². The Hall–Kier alpha value is -3.54. The van der Waals surface area contributed by atoms with Gasteiger partial charge in [0, 0.05) is 51.3 Å². The molecule has 0 N–H and O–H groups in total. The first-order valence-corrected chi connectivity index (χ1v) is 13.1. The van der Waals surface area contributed by atoms with Crippen LogP contribution in [-0.4, -0.2) is 68.5 Å². The first-order valence-electron chi connectivity index (χ1n) is 13.1. The van der Waals surface area contributed by atoms with Gasteiger partial charge in [0.25, 0.3) is 5.69 Å². The Morgan fingerprint density at radius 2 is 1.74 bits per heavy atom. The van der Waals surface area contributed by atoms with Crippen molar-refractivity contribution in [3.05, 3.63) is 52.6 Å². The Morgan fingerprint density at radius 3 is 2.38 bits per heavy atom. The predicted octanol–water partition coefficient (Wildman–Crippen LogP) is 5.24. The number of alkyl halides is 3. The molecule has 0 unspecified atom stereocenters. The van der Waals surface area contributed by atoms with Crippen LogP contribution in [0.1, 0.15) is 32.1 Å². The van der Waals surface area contributed by atoms with E-state index in [9.17, 15) is 28.1 Å². The normalized spacial score (nSPS) is 17.1. The van der Waals surface area contributed by atoms with Gasteiger partial charge in [-0.25, -0.2) is 0 Å². The molecule has 2 aromatic rings. The first kappa shape index (κ1) is 28.5. The Bertz CT molecular complexity index is 1150. The third-order valence-electron chi connectivity index (χ3n) is 7.33. The monoisotopic (exact) mass is 550 g/mol. The maximum absolute atomic E-state index is 13.6. The highest BCUT2D eigenvalue weighted by Crippen LogP contribution is 2.36. The molecule has 0 spiro atoms. The number of hydrogen-bond acceptors (Lipinski definition) is 7. The van der Waals surface area contributed by atoms with Crippen molar-refractivity contribution < 1.29 is 32.4 Å². The fourth-order valence-corrected chi connectivity index (χ4v) is 5.31. The van der Waals surface area contributed by atoms with Crippen LogP contribution in [0.2, 0.25) is 0 Å². The van der Waals surface area contributed by atoms with Crippen LogP contribution in [0.15, 0.2) is 42.5 Å². The number of anilines is 2. The van der Waals surface area contributed by atoms with Crippen LogP contribution in [0.5, 0.6) is 11.5 Å². The zero-order valence-electron chi connectivity index (χ0n) is 21.9. The van der Waals surface area contributed by atoms with Crippen LogP contribution < -0.4 is 19.3 Å². The van der Waals surface area contributed by atoms with Crippen LogP contribution in [0.4, 0.5) is 30.2 Å². The molecule has 0 radical (unpaired) electrons. The van der Waals surface area contributed by atoms with Crippen LogP contribution in [0, 0.1) is 16.0 Å². The smallest absolute Gasteiger partial charge is 0.494 e. The summed E-state index contributed by atoms with van der Waals surface area (Å²) < 4.78 is 49.0. The van der Waals surface area contributed by atoms with Crippen LogP contribution >= 0.6 is 0 Å². The molecular weight excluding hydrogens is 517 g/mol. The molecule has 4 rings (SSSR count). The van der Waals surface area contributed by atoms with E-state index in [1.165, 1.54) is 42.3 Å². The second-order valence-electron chi connectivity index (χ2n) is 9.78. The van der Waals surface area contributed by atoms with Crippen LogP contribution in [-0.2, 0) is 4.79 Å². The number of para-hydroxylation sites is 2. The standard InChI is InChI=1S/C27H33F3N4O5/c1-38-25-19-21(34(36)37)11-12-22(25)32-16-13-31(14-17-32)15-18-33(26(35)20-7-3-2-4-8-20)23-9-5-6-10-24(23)39-27(28,29)30/h5-6,9-12,19-20H,2-4,7-8,13-18H2,1H3. The number of rotatable bonds is 9. The number of piperazine rings is 1. The number of nitrogens with zero attached hydrogens (tertiary/aromatic N) is 4.